The van der Waals surface area contributed by atoms with E-state index in [-0.39, 0.29) is 17.5 Å². The Hall–Kier alpha value is -2.95. The number of rotatable bonds is 4. The van der Waals surface area contributed by atoms with Gasteiger partial charge in [0.2, 0.25) is 0 Å². The summed E-state index contributed by atoms with van der Waals surface area (Å²) in [7, 11) is 0. The average molecular weight is 425 g/mol. The first-order valence-corrected chi connectivity index (χ1v) is 9.81. The van der Waals surface area contributed by atoms with Gasteiger partial charge in [0.25, 0.3) is 0 Å². The Kier molecular flexibility index (Phi) is 5.22. The monoisotopic (exact) mass is 424 g/mol. The molecule has 4 nitrogen and oxygen atoms in total. The lowest BCUT2D eigenvalue weighted by molar-refractivity contribution is 0.475. The molecule has 4 rings (SSSR count). The lowest BCUT2D eigenvalue weighted by atomic mass is 10.1. The minimum Gasteiger partial charge on any atom is -0.508 e. The molecule has 1 aromatic heterocycles. The predicted octanol–water partition coefficient (Wildman–Crippen LogP) is 6.54. The molecule has 0 amide bonds. The van der Waals surface area contributed by atoms with Crippen LogP contribution in [-0.2, 0) is 0 Å². The molecule has 1 heterocycles. The van der Waals surface area contributed by atoms with E-state index < -0.39 is 0 Å². The van der Waals surface area contributed by atoms with Crippen molar-refractivity contribution in [1.82, 2.24) is 9.78 Å². The fraction of sp³-hybridized carbons (Fsp3) is 0.0870. The highest BCUT2D eigenvalue weighted by molar-refractivity contribution is 6.35. The summed E-state index contributed by atoms with van der Waals surface area (Å²) in [6, 6.07) is 21.2. The topological polar surface area (TPSA) is 58.3 Å². The zero-order valence-electron chi connectivity index (χ0n) is 15.6. The van der Waals surface area contributed by atoms with E-state index in [9.17, 15) is 10.2 Å². The van der Waals surface area contributed by atoms with Gasteiger partial charge in [-0.1, -0.05) is 29.3 Å². The van der Waals surface area contributed by atoms with Crippen LogP contribution in [0.5, 0.6) is 11.5 Å². The van der Waals surface area contributed by atoms with Crippen molar-refractivity contribution in [3.05, 3.63) is 88.4 Å². The van der Waals surface area contributed by atoms with E-state index in [1.165, 1.54) is 0 Å². The molecule has 0 saturated carbocycles. The van der Waals surface area contributed by atoms with Crippen LogP contribution in [0.25, 0.3) is 22.5 Å². The van der Waals surface area contributed by atoms with E-state index in [2.05, 4.69) is 0 Å². The molecule has 2 N–H and O–H groups in total. The van der Waals surface area contributed by atoms with Crippen LogP contribution in [0, 0.1) is 0 Å². The van der Waals surface area contributed by atoms with Crippen LogP contribution in [0.3, 0.4) is 0 Å². The summed E-state index contributed by atoms with van der Waals surface area (Å²) in [4.78, 5) is 0. The minimum atomic E-state index is -0.158. The number of hydrogen-bond donors (Lipinski definition) is 2. The van der Waals surface area contributed by atoms with Gasteiger partial charge >= 0.3 is 0 Å². The highest BCUT2D eigenvalue weighted by atomic mass is 35.5. The van der Waals surface area contributed by atoms with E-state index >= 15 is 0 Å². The van der Waals surface area contributed by atoms with Crippen molar-refractivity contribution in [2.45, 2.75) is 13.0 Å². The third-order valence-electron chi connectivity index (χ3n) is 4.84. The molecule has 4 aromatic rings. The molecule has 0 radical (unpaired) electrons. The number of benzene rings is 3. The number of aromatic hydroxyl groups is 2. The molecular formula is C23H18Cl2N2O2. The molecule has 0 saturated heterocycles. The van der Waals surface area contributed by atoms with Gasteiger partial charge in [0.1, 0.15) is 11.5 Å². The van der Waals surface area contributed by atoms with Crippen LogP contribution >= 0.6 is 23.2 Å². The molecule has 6 heteroatoms. The number of aromatic nitrogens is 2. The largest absolute Gasteiger partial charge is 0.508 e. The summed E-state index contributed by atoms with van der Waals surface area (Å²) in [5, 5.41) is 25.2. The van der Waals surface area contributed by atoms with Crippen LogP contribution in [0.1, 0.15) is 18.5 Å². The lowest BCUT2D eigenvalue weighted by Crippen LogP contribution is -2.10. The van der Waals surface area contributed by atoms with Gasteiger partial charge in [0.15, 0.2) is 0 Å². The summed E-state index contributed by atoms with van der Waals surface area (Å²) >= 11 is 12.5. The molecule has 146 valence electrons. The van der Waals surface area contributed by atoms with Crippen molar-refractivity contribution in [2.24, 2.45) is 0 Å². The number of hydrogen-bond acceptors (Lipinski definition) is 3. The van der Waals surface area contributed by atoms with E-state index in [1.807, 2.05) is 54.1 Å². The second-order valence-corrected chi connectivity index (χ2v) is 7.64. The van der Waals surface area contributed by atoms with E-state index in [0.717, 1.165) is 28.1 Å². The summed E-state index contributed by atoms with van der Waals surface area (Å²) < 4.78 is 1.91. The van der Waals surface area contributed by atoms with Crippen LogP contribution in [0.2, 0.25) is 10.0 Å². The maximum Gasteiger partial charge on any atom is 0.115 e. The zero-order valence-corrected chi connectivity index (χ0v) is 17.1. The van der Waals surface area contributed by atoms with Crippen LogP contribution in [0.15, 0.2) is 72.8 Å². The first-order chi connectivity index (χ1) is 13.9. The number of halogens is 2. The standard InChI is InChI=1S/C23H18Cl2N2O2/c1-14(20-11-6-17(24)12-21(20)25)27-23(16-4-9-19(29)10-5-16)13-22(26-27)15-2-7-18(28)8-3-15/h2-14,28-29H,1H3. The maximum atomic E-state index is 9.66. The number of nitrogens with zero attached hydrogens (tertiary/aromatic N) is 2. The van der Waals surface area contributed by atoms with E-state index in [1.54, 1.807) is 30.3 Å². The Morgan fingerprint density at radius 2 is 1.38 bits per heavy atom. The fourth-order valence-electron chi connectivity index (χ4n) is 3.28. The molecule has 0 spiro atoms. The smallest absolute Gasteiger partial charge is 0.115 e. The number of phenols is 2. The van der Waals surface area contributed by atoms with E-state index in [0.29, 0.717) is 10.0 Å². The Bertz CT molecular complexity index is 1150. The van der Waals surface area contributed by atoms with Crippen LogP contribution < -0.4 is 0 Å². The van der Waals surface area contributed by atoms with Gasteiger partial charge in [-0.15, -0.1) is 0 Å². The van der Waals surface area contributed by atoms with Gasteiger partial charge in [0, 0.05) is 21.2 Å². The van der Waals surface area contributed by atoms with Crippen LogP contribution in [-0.4, -0.2) is 20.0 Å². The molecule has 0 aliphatic carbocycles. The quantitative estimate of drug-likeness (QED) is 0.390. The van der Waals surface area contributed by atoms with Gasteiger partial charge in [-0.2, -0.15) is 5.10 Å². The fourth-order valence-corrected chi connectivity index (χ4v) is 3.85. The van der Waals surface area contributed by atoms with Crippen molar-refractivity contribution >= 4 is 23.2 Å². The minimum absolute atomic E-state index is 0.158. The highest BCUT2D eigenvalue weighted by Crippen LogP contribution is 2.34. The van der Waals surface area contributed by atoms with Gasteiger partial charge in [0.05, 0.1) is 17.4 Å². The second kappa shape index (κ2) is 7.82. The molecule has 29 heavy (non-hydrogen) atoms. The SMILES string of the molecule is CC(c1ccc(Cl)cc1Cl)n1nc(-c2ccc(O)cc2)cc1-c1ccc(O)cc1. The first-order valence-electron chi connectivity index (χ1n) is 9.05. The summed E-state index contributed by atoms with van der Waals surface area (Å²) in [5.41, 5.74) is 4.35. The molecule has 0 aliphatic heterocycles. The summed E-state index contributed by atoms with van der Waals surface area (Å²) in [6.45, 7) is 2.02. The third-order valence-corrected chi connectivity index (χ3v) is 5.40. The zero-order chi connectivity index (χ0) is 20.5. The molecular weight excluding hydrogens is 407 g/mol. The first kappa shape index (κ1) is 19.4. The molecule has 3 aromatic carbocycles. The molecule has 1 unspecified atom stereocenters. The van der Waals surface area contributed by atoms with Gasteiger partial charge in [-0.25, -0.2) is 0 Å². The lowest BCUT2D eigenvalue weighted by Gasteiger charge is -2.18. The molecule has 0 fully saturated rings. The van der Waals surface area contributed by atoms with Crippen molar-refractivity contribution < 1.29 is 10.2 Å². The van der Waals surface area contributed by atoms with Gasteiger partial charge in [-0.05, 0) is 79.2 Å². The Morgan fingerprint density at radius 3 is 1.97 bits per heavy atom. The van der Waals surface area contributed by atoms with Crippen molar-refractivity contribution in [3.63, 3.8) is 0 Å². The van der Waals surface area contributed by atoms with Crippen molar-refractivity contribution in [3.8, 4) is 34.0 Å². The van der Waals surface area contributed by atoms with Gasteiger partial charge < -0.3 is 10.2 Å². The Labute approximate surface area is 178 Å². The molecule has 1 atom stereocenters. The second-order valence-electron chi connectivity index (χ2n) is 6.79. The van der Waals surface area contributed by atoms with E-state index in [4.69, 9.17) is 28.3 Å². The molecule has 0 aliphatic rings. The summed E-state index contributed by atoms with van der Waals surface area (Å²) in [5.74, 6) is 0.403. The summed E-state index contributed by atoms with van der Waals surface area (Å²) in [6.07, 6.45) is 0. The molecule has 0 bridgehead atoms. The highest BCUT2D eigenvalue weighted by Gasteiger charge is 2.19. The maximum absolute atomic E-state index is 9.66. The van der Waals surface area contributed by atoms with Crippen molar-refractivity contribution in [2.75, 3.05) is 0 Å². The Balaban J connectivity index is 1.86. The average Bonchev–Trinajstić information content (AvgIpc) is 3.14. The Morgan fingerprint density at radius 1 is 0.793 bits per heavy atom. The van der Waals surface area contributed by atoms with Gasteiger partial charge in [-0.3, -0.25) is 4.68 Å². The van der Waals surface area contributed by atoms with Crippen LogP contribution in [0.4, 0.5) is 0 Å². The number of phenolic OH excluding ortho intramolecular Hbond substituents is 2. The third kappa shape index (κ3) is 3.95. The van der Waals surface area contributed by atoms with Crippen molar-refractivity contribution in [1.29, 1.82) is 0 Å². The predicted molar refractivity (Wildman–Crippen MR) is 117 cm³/mol. The normalized spacial score (nSPS) is 12.1.